The van der Waals surface area contributed by atoms with E-state index in [1.807, 2.05) is 0 Å². The van der Waals surface area contributed by atoms with E-state index >= 15 is 0 Å². The summed E-state index contributed by atoms with van der Waals surface area (Å²) in [5, 5.41) is 3.39. The van der Waals surface area contributed by atoms with E-state index < -0.39 is 0 Å². The first kappa shape index (κ1) is 17.2. The van der Waals surface area contributed by atoms with Crippen LogP contribution < -0.4 is 5.32 Å². The van der Waals surface area contributed by atoms with Crippen molar-refractivity contribution >= 4 is 34.8 Å². The van der Waals surface area contributed by atoms with E-state index in [2.05, 4.69) is 5.32 Å². The van der Waals surface area contributed by atoms with Crippen molar-refractivity contribution in [3.63, 3.8) is 0 Å². The van der Waals surface area contributed by atoms with Crippen LogP contribution in [0.25, 0.3) is 0 Å². The molecule has 132 valence electrons. The van der Waals surface area contributed by atoms with Gasteiger partial charge in [-0.3, -0.25) is 14.4 Å². The molecule has 1 N–H and O–H groups in total. The quantitative estimate of drug-likeness (QED) is 0.580. The summed E-state index contributed by atoms with van der Waals surface area (Å²) in [4.78, 5) is 37.6. The SMILES string of the molecule is O=C(Cc1ccc(Cl)cc1)Nc1ccc2c(c1)C(=O)c1ccccc1C2=O. The molecule has 5 heteroatoms. The Kier molecular flexibility index (Phi) is 4.34. The molecule has 1 aliphatic carbocycles. The van der Waals surface area contributed by atoms with Crippen LogP contribution in [0.3, 0.4) is 0 Å². The number of hydrogen-bond donors (Lipinski definition) is 1. The molecule has 4 nitrogen and oxygen atoms in total. The zero-order chi connectivity index (χ0) is 19.0. The molecule has 3 aromatic carbocycles. The predicted octanol–water partition coefficient (Wildman–Crippen LogP) is 4.30. The molecule has 0 aliphatic heterocycles. The van der Waals surface area contributed by atoms with Crippen molar-refractivity contribution in [2.75, 3.05) is 5.32 Å². The monoisotopic (exact) mass is 375 g/mol. The van der Waals surface area contributed by atoms with Gasteiger partial charge in [-0.2, -0.15) is 0 Å². The van der Waals surface area contributed by atoms with E-state index in [4.69, 9.17) is 11.6 Å². The van der Waals surface area contributed by atoms with E-state index in [1.165, 1.54) is 0 Å². The normalized spacial score (nSPS) is 12.3. The maximum absolute atomic E-state index is 12.7. The highest BCUT2D eigenvalue weighted by Crippen LogP contribution is 2.29. The van der Waals surface area contributed by atoms with Crippen molar-refractivity contribution in [2.45, 2.75) is 6.42 Å². The molecular formula is C22H14ClNO3. The number of carbonyl (C=O) groups excluding carboxylic acids is 3. The summed E-state index contributed by atoms with van der Waals surface area (Å²) in [6, 6.07) is 18.6. The smallest absolute Gasteiger partial charge is 0.228 e. The lowest BCUT2D eigenvalue weighted by molar-refractivity contribution is -0.115. The third kappa shape index (κ3) is 3.27. The topological polar surface area (TPSA) is 63.2 Å². The minimum atomic E-state index is -0.216. The van der Waals surface area contributed by atoms with Crippen LogP contribution in [0.15, 0.2) is 66.7 Å². The highest BCUT2D eigenvalue weighted by Gasteiger charge is 2.29. The van der Waals surface area contributed by atoms with E-state index in [0.717, 1.165) is 5.56 Å². The second kappa shape index (κ2) is 6.82. The van der Waals surface area contributed by atoms with Gasteiger partial charge in [-0.15, -0.1) is 0 Å². The van der Waals surface area contributed by atoms with Crippen LogP contribution >= 0.6 is 11.6 Å². The fourth-order valence-corrected chi connectivity index (χ4v) is 3.30. The molecule has 0 aromatic heterocycles. The Morgan fingerprint density at radius 1 is 0.778 bits per heavy atom. The Labute approximate surface area is 160 Å². The second-order valence-electron chi connectivity index (χ2n) is 6.32. The Morgan fingerprint density at radius 2 is 1.37 bits per heavy atom. The summed E-state index contributed by atoms with van der Waals surface area (Å²) in [6.07, 6.45) is 0.184. The molecule has 3 aromatic rings. The fraction of sp³-hybridized carbons (Fsp3) is 0.0455. The number of nitrogens with one attached hydrogen (secondary N) is 1. The molecule has 0 saturated heterocycles. The van der Waals surface area contributed by atoms with Gasteiger partial charge in [0.2, 0.25) is 5.91 Å². The van der Waals surface area contributed by atoms with E-state index in [1.54, 1.807) is 66.7 Å². The summed E-state index contributed by atoms with van der Waals surface area (Å²) in [6.45, 7) is 0. The highest BCUT2D eigenvalue weighted by molar-refractivity contribution is 6.30. The standard InChI is InChI=1S/C22H14ClNO3/c23-14-7-5-13(6-8-14)11-20(25)24-15-9-10-18-19(12-15)22(27)17-4-2-1-3-16(17)21(18)26/h1-10,12H,11H2,(H,24,25). The maximum Gasteiger partial charge on any atom is 0.228 e. The first-order chi connectivity index (χ1) is 13.0. The molecule has 27 heavy (non-hydrogen) atoms. The Balaban J connectivity index is 1.58. The average molecular weight is 376 g/mol. The highest BCUT2D eigenvalue weighted by atomic mass is 35.5. The van der Waals surface area contributed by atoms with E-state index in [-0.39, 0.29) is 23.9 Å². The van der Waals surface area contributed by atoms with Crippen LogP contribution in [0.5, 0.6) is 0 Å². The molecule has 0 heterocycles. The van der Waals surface area contributed by atoms with E-state index in [0.29, 0.717) is 33.0 Å². The van der Waals surface area contributed by atoms with Crippen molar-refractivity contribution < 1.29 is 14.4 Å². The summed E-state index contributed by atoms with van der Waals surface area (Å²) < 4.78 is 0. The van der Waals surface area contributed by atoms with Gasteiger partial charge in [0, 0.05) is 33.0 Å². The molecule has 0 saturated carbocycles. The molecule has 0 bridgehead atoms. The molecule has 0 atom stereocenters. The van der Waals surface area contributed by atoms with Crippen molar-refractivity contribution in [2.24, 2.45) is 0 Å². The van der Waals surface area contributed by atoms with Gasteiger partial charge in [-0.25, -0.2) is 0 Å². The summed E-state index contributed by atoms with van der Waals surface area (Å²) in [5.41, 5.74) is 2.77. The van der Waals surface area contributed by atoms with Gasteiger partial charge in [0.15, 0.2) is 11.6 Å². The average Bonchev–Trinajstić information content (AvgIpc) is 2.68. The molecule has 0 unspecified atom stereocenters. The van der Waals surface area contributed by atoms with Gasteiger partial charge in [-0.1, -0.05) is 48.0 Å². The number of hydrogen-bond acceptors (Lipinski definition) is 3. The van der Waals surface area contributed by atoms with Gasteiger partial charge in [0.1, 0.15) is 0 Å². The lowest BCUT2D eigenvalue weighted by Gasteiger charge is -2.18. The van der Waals surface area contributed by atoms with Crippen LogP contribution in [0.1, 0.15) is 37.4 Å². The van der Waals surface area contributed by atoms with E-state index in [9.17, 15) is 14.4 Å². The molecule has 0 spiro atoms. The van der Waals surface area contributed by atoms with Crippen LogP contribution in [0.4, 0.5) is 5.69 Å². The number of rotatable bonds is 3. The first-order valence-electron chi connectivity index (χ1n) is 8.40. The number of anilines is 1. The van der Waals surface area contributed by atoms with Crippen LogP contribution in [-0.4, -0.2) is 17.5 Å². The molecular weight excluding hydrogens is 362 g/mol. The van der Waals surface area contributed by atoms with Crippen molar-refractivity contribution in [3.8, 4) is 0 Å². The Bertz CT molecular complexity index is 1090. The van der Waals surface area contributed by atoms with Gasteiger partial charge >= 0.3 is 0 Å². The summed E-state index contributed by atoms with van der Waals surface area (Å²) >= 11 is 5.85. The Morgan fingerprint density at radius 3 is 2.04 bits per heavy atom. The lowest BCUT2D eigenvalue weighted by Crippen LogP contribution is -2.21. The maximum atomic E-state index is 12.7. The van der Waals surface area contributed by atoms with Gasteiger partial charge < -0.3 is 5.32 Å². The number of amides is 1. The van der Waals surface area contributed by atoms with Crippen molar-refractivity contribution in [1.29, 1.82) is 0 Å². The number of ketones is 2. The molecule has 1 amide bonds. The van der Waals surface area contributed by atoms with Gasteiger partial charge in [0.05, 0.1) is 6.42 Å². The second-order valence-corrected chi connectivity index (χ2v) is 6.75. The predicted molar refractivity (Wildman–Crippen MR) is 104 cm³/mol. The zero-order valence-electron chi connectivity index (χ0n) is 14.2. The number of halogens is 1. The zero-order valence-corrected chi connectivity index (χ0v) is 14.9. The molecule has 1 aliphatic rings. The van der Waals surface area contributed by atoms with Crippen molar-refractivity contribution in [3.05, 3.63) is 99.6 Å². The molecule has 0 fully saturated rings. The van der Waals surface area contributed by atoms with Crippen LogP contribution in [-0.2, 0) is 11.2 Å². The first-order valence-corrected chi connectivity index (χ1v) is 8.77. The minimum Gasteiger partial charge on any atom is -0.326 e. The minimum absolute atomic E-state index is 0.181. The fourth-order valence-electron chi connectivity index (χ4n) is 3.17. The number of fused-ring (bicyclic) bond motifs is 2. The molecule has 4 rings (SSSR count). The van der Waals surface area contributed by atoms with Crippen LogP contribution in [0, 0.1) is 0 Å². The molecule has 0 radical (unpaired) electrons. The lowest BCUT2D eigenvalue weighted by atomic mass is 9.84. The third-order valence-corrected chi connectivity index (χ3v) is 4.74. The summed E-state index contributed by atoms with van der Waals surface area (Å²) in [5.74, 6) is -0.611. The number of benzene rings is 3. The largest absolute Gasteiger partial charge is 0.326 e. The van der Waals surface area contributed by atoms with Crippen molar-refractivity contribution in [1.82, 2.24) is 0 Å². The van der Waals surface area contributed by atoms with Gasteiger partial charge in [-0.05, 0) is 35.9 Å². The third-order valence-electron chi connectivity index (χ3n) is 4.49. The number of carbonyl (C=O) groups is 3. The Hall–Kier alpha value is -3.24. The van der Waals surface area contributed by atoms with Gasteiger partial charge in [0.25, 0.3) is 0 Å². The summed E-state index contributed by atoms with van der Waals surface area (Å²) in [7, 11) is 0. The van der Waals surface area contributed by atoms with Crippen LogP contribution in [0.2, 0.25) is 5.02 Å².